The zero-order chi connectivity index (χ0) is 25.8. The summed E-state index contributed by atoms with van der Waals surface area (Å²) in [6, 6.07) is 8.68. The van der Waals surface area contributed by atoms with Crippen LogP contribution in [0.2, 0.25) is 0 Å². The number of aromatic amines is 1. The summed E-state index contributed by atoms with van der Waals surface area (Å²) >= 11 is 0. The minimum atomic E-state index is -1.34. The van der Waals surface area contributed by atoms with Crippen LogP contribution < -0.4 is 11.1 Å². The topological polar surface area (TPSA) is 130 Å². The standard InChI is InChI=1S/C25H29F2N7O2/c1-14(2)19-6-7-20(30-24(19)27)23(16-5-3-4-15(8-16)11-28)31-25(36)21-9-17(26)13-34(21)22(35)10-18-12-29-33-32-18/h3-8,12,14,17,21,23H,9-11,13,28H2,1-2H3,(H,31,36)(H,29,32,33)/t17-,21+,23+/m1/s1. The monoisotopic (exact) mass is 497 g/mol. The number of amides is 2. The molecule has 1 aliphatic heterocycles. The summed E-state index contributed by atoms with van der Waals surface area (Å²) in [5.41, 5.74) is 8.47. The van der Waals surface area contributed by atoms with Crippen LogP contribution in [-0.4, -0.2) is 55.9 Å². The first-order chi connectivity index (χ1) is 17.3. The number of alkyl halides is 1. The number of H-pyrrole nitrogens is 1. The molecular weight excluding hydrogens is 468 g/mol. The number of rotatable bonds is 8. The maximum absolute atomic E-state index is 14.8. The first-order valence-corrected chi connectivity index (χ1v) is 11.8. The lowest BCUT2D eigenvalue weighted by molar-refractivity contribution is -0.138. The molecule has 0 saturated carbocycles. The highest BCUT2D eigenvalue weighted by molar-refractivity contribution is 5.89. The Labute approximate surface area is 207 Å². The van der Waals surface area contributed by atoms with Gasteiger partial charge in [-0.2, -0.15) is 4.39 Å². The molecule has 1 fully saturated rings. The Morgan fingerprint density at radius 3 is 2.75 bits per heavy atom. The fraction of sp³-hybridized carbons (Fsp3) is 0.400. The highest BCUT2D eigenvalue weighted by atomic mass is 19.1. The fourth-order valence-electron chi connectivity index (χ4n) is 4.40. The molecule has 1 aliphatic rings. The molecule has 0 radical (unpaired) electrons. The number of hydrogen-bond donors (Lipinski definition) is 3. The van der Waals surface area contributed by atoms with Gasteiger partial charge in [0.15, 0.2) is 0 Å². The third kappa shape index (κ3) is 5.56. The minimum Gasteiger partial charge on any atom is -0.342 e. The predicted octanol–water partition coefficient (Wildman–Crippen LogP) is 2.31. The SMILES string of the molecule is CC(C)c1ccc([C@@H](NC(=O)[C@@H]2C[C@@H](F)CN2C(=O)Cc2cnn[nH]2)c2cccc(CN)c2)nc1F. The molecule has 1 aromatic carbocycles. The van der Waals surface area contributed by atoms with Crippen molar-refractivity contribution in [2.75, 3.05) is 6.54 Å². The summed E-state index contributed by atoms with van der Waals surface area (Å²) in [5, 5.41) is 12.7. The van der Waals surface area contributed by atoms with Crippen LogP contribution in [0.1, 0.15) is 60.3 Å². The Hall–Kier alpha value is -3.73. The molecule has 2 aromatic heterocycles. The van der Waals surface area contributed by atoms with Gasteiger partial charge in [-0.15, -0.1) is 5.10 Å². The van der Waals surface area contributed by atoms with E-state index in [2.05, 4.69) is 25.7 Å². The smallest absolute Gasteiger partial charge is 0.243 e. The molecule has 2 amide bonds. The number of pyridine rings is 1. The number of carbonyl (C=O) groups is 2. The Bertz CT molecular complexity index is 1220. The first kappa shape index (κ1) is 25.4. The summed E-state index contributed by atoms with van der Waals surface area (Å²) < 4.78 is 29.2. The molecule has 0 spiro atoms. The van der Waals surface area contributed by atoms with Crippen LogP contribution >= 0.6 is 0 Å². The second-order valence-corrected chi connectivity index (χ2v) is 9.21. The van der Waals surface area contributed by atoms with Gasteiger partial charge in [0.1, 0.15) is 12.2 Å². The molecule has 36 heavy (non-hydrogen) atoms. The average molecular weight is 498 g/mol. The number of nitrogens with zero attached hydrogens (tertiary/aromatic N) is 4. The summed E-state index contributed by atoms with van der Waals surface area (Å²) in [4.78, 5) is 31.7. The zero-order valence-corrected chi connectivity index (χ0v) is 20.1. The highest BCUT2D eigenvalue weighted by Gasteiger charge is 2.40. The van der Waals surface area contributed by atoms with Crippen molar-refractivity contribution < 1.29 is 18.4 Å². The molecule has 0 bridgehead atoms. The largest absolute Gasteiger partial charge is 0.342 e. The van der Waals surface area contributed by atoms with Gasteiger partial charge in [0.2, 0.25) is 17.8 Å². The highest BCUT2D eigenvalue weighted by Crippen LogP contribution is 2.27. The summed E-state index contributed by atoms with van der Waals surface area (Å²) in [6.07, 6.45) is -0.168. The molecule has 3 atom stereocenters. The van der Waals surface area contributed by atoms with E-state index in [-0.39, 0.29) is 37.5 Å². The van der Waals surface area contributed by atoms with E-state index in [1.807, 2.05) is 26.0 Å². The van der Waals surface area contributed by atoms with Crippen LogP contribution in [0.5, 0.6) is 0 Å². The van der Waals surface area contributed by atoms with E-state index in [1.165, 1.54) is 11.1 Å². The third-order valence-electron chi connectivity index (χ3n) is 6.30. The molecule has 190 valence electrons. The van der Waals surface area contributed by atoms with Crippen molar-refractivity contribution in [2.45, 2.75) is 57.4 Å². The Balaban J connectivity index is 1.62. The lowest BCUT2D eigenvalue weighted by Crippen LogP contribution is -2.47. The van der Waals surface area contributed by atoms with Crippen molar-refractivity contribution in [1.82, 2.24) is 30.6 Å². The number of carbonyl (C=O) groups excluding carboxylic acids is 2. The van der Waals surface area contributed by atoms with Gasteiger partial charge < -0.3 is 16.0 Å². The van der Waals surface area contributed by atoms with Crippen molar-refractivity contribution in [3.63, 3.8) is 0 Å². The van der Waals surface area contributed by atoms with Crippen LogP contribution in [0.15, 0.2) is 42.6 Å². The Morgan fingerprint density at radius 1 is 1.28 bits per heavy atom. The molecule has 4 rings (SSSR count). The van der Waals surface area contributed by atoms with Gasteiger partial charge in [-0.05, 0) is 23.1 Å². The van der Waals surface area contributed by atoms with Crippen molar-refractivity contribution in [2.24, 2.45) is 5.73 Å². The Kier molecular flexibility index (Phi) is 7.68. The average Bonchev–Trinajstić information content (AvgIpc) is 3.51. The molecule has 9 nitrogen and oxygen atoms in total. The van der Waals surface area contributed by atoms with E-state index in [0.717, 1.165) is 5.56 Å². The van der Waals surface area contributed by atoms with Gasteiger partial charge >= 0.3 is 0 Å². The Morgan fingerprint density at radius 2 is 2.08 bits per heavy atom. The van der Waals surface area contributed by atoms with Gasteiger partial charge in [-0.1, -0.05) is 49.4 Å². The van der Waals surface area contributed by atoms with E-state index in [0.29, 0.717) is 16.8 Å². The van der Waals surface area contributed by atoms with Crippen LogP contribution in [0.3, 0.4) is 0 Å². The number of nitrogens with one attached hydrogen (secondary N) is 2. The summed E-state index contributed by atoms with van der Waals surface area (Å²) in [6.45, 7) is 3.81. The van der Waals surface area contributed by atoms with Crippen molar-refractivity contribution >= 4 is 11.8 Å². The summed E-state index contributed by atoms with van der Waals surface area (Å²) in [5.74, 6) is -1.66. The van der Waals surface area contributed by atoms with Crippen molar-refractivity contribution in [3.05, 3.63) is 76.6 Å². The lowest BCUT2D eigenvalue weighted by atomic mass is 9.98. The maximum atomic E-state index is 14.8. The van der Waals surface area contributed by atoms with E-state index in [9.17, 15) is 18.4 Å². The second kappa shape index (κ2) is 10.9. The van der Waals surface area contributed by atoms with Crippen molar-refractivity contribution in [3.8, 4) is 0 Å². The normalized spacial score (nSPS) is 18.4. The molecule has 0 unspecified atom stereocenters. The van der Waals surface area contributed by atoms with Gasteiger partial charge in [0.05, 0.1) is 36.6 Å². The summed E-state index contributed by atoms with van der Waals surface area (Å²) in [7, 11) is 0. The first-order valence-electron chi connectivity index (χ1n) is 11.8. The van der Waals surface area contributed by atoms with Gasteiger partial charge in [-0.25, -0.2) is 9.37 Å². The quantitative estimate of drug-likeness (QED) is 0.410. The second-order valence-electron chi connectivity index (χ2n) is 9.21. The number of nitrogens with two attached hydrogens (primary N) is 1. The number of benzene rings is 1. The number of hydrogen-bond acceptors (Lipinski definition) is 6. The molecular formula is C25H29F2N7O2. The number of aromatic nitrogens is 4. The van der Waals surface area contributed by atoms with Crippen LogP contribution in [0.25, 0.3) is 0 Å². The molecule has 4 N–H and O–H groups in total. The predicted molar refractivity (Wildman–Crippen MR) is 128 cm³/mol. The van der Waals surface area contributed by atoms with E-state index < -0.39 is 36.0 Å². The molecule has 3 heterocycles. The van der Waals surface area contributed by atoms with Gasteiger partial charge in [-0.3, -0.25) is 14.7 Å². The fourth-order valence-corrected chi connectivity index (χ4v) is 4.40. The molecule has 1 saturated heterocycles. The van der Waals surface area contributed by atoms with Gasteiger partial charge in [0.25, 0.3) is 0 Å². The number of halogens is 2. The van der Waals surface area contributed by atoms with Gasteiger partial charge in [0, 0.05) is 18.5 Å². The molecule has 0 aliphatic carbocycles. The zero-order valence-electron chi connectivity index (χ0n) is 20.1. The van der Waals surface area contributed by atoms with Crippen molar-refractivity contribution in [1.29, 1.82) is 0 Å². The minimum absolute atomic E-state index is 0.0650. The van der Waals surface area contributed by atoms with E-state index >= 15 is 0 Å². The number of likely N-dealkylation sites (tertiary alicyclic amines) is 1. The van der Waals surface area contributed by atoms with Crippen LogP contribution in [0, 0.1) is 5.95 Å². The van der Waals surface area contributed by atoms with Crippen LogP contribution in [0.4, 0.5) is 8.78 Å². The molecule has 11 heteroatoms. The maximum Gasteiger partial charge on any atom is 0.243 e. The van der Waals surface area contributed by atoms with E-state index in [1.54, 1.807) is 24.3 Å². The lowest BCUT2D eigenvalue weighted by Gasteiger charge is -2.27. The third-order valence-corrected chi connectivity index (χ3v) is 6.30. The molecule has 3 aromatic rings. The van der Waals surface area contributed by atoms with Crippen LogP contribution in [-0.2, 0) is 22.6 Å². The van der Waals surface area contributed by atoms with E-state index in [4.69, 9.17) is 5.73 Å².